The van der Waals surface area contributed by atoms with Gasteiger partial charge in [0, 0.05) is 44.2 Å². The lowest BCUT2D eigenvalue weighted by Gasteiger charge is -2.08. The van der Waals surface area contributed by atoms with Gasteiger partial charge in [-0.2, -0.15) is 0 Å². The number of aromatic amines is 1. The van der Waals surface area contributed by atoms with Crippen molar-refractivity contribution in [2.45, 2.75) is 12.1 Å². The maximum atomic E-state index is 12.8. The minimum atomic E-state index is -5.93. The quantitative estimate of drug-likeness (QED) is 0.845. The molecule has 0 fully saturated rings. The molecule has 2 rings (SSSR count). The topological polar surface area (TPSA) is 65.2 Å². The summed E-state index contributed by atoms with van der Waals surface area (Å²) < 4.78 is 180. The minimum Gasteiger partial charge on any atom is -0.361 e. The maximum Gasteiger partial charge on any atom is 0.215 e. The van der Waals surface area contributed by atoms with Crippen LogP contribution in [0.2, 0.25) is 2.82 Å². The normalized spacial score (nSPS) is 31.3. The molecular formula is C14H21N3O2S. The van der Waals surface area contributed by atoms with E-state index in [-0.39, 0.29) is 4.98 Å². The van der Waals surface area contributed by atoms with Crippen LogP contribution in [0.5, 0.6) is 0 Å². The van der Waals surface area contributed by atoms with Crippen LogP contribution in [0.1, 0.15) is 35.8 Å². The molecule has 2 aromatic rings. The first-order valence-corrected chi connectivity index (χ1v) is 6.33. The van der Waals surface area contributed by atoms with Crippen LogP contribution in [-0.4, -0.2) is 45.7 Å². The molecule has 5 nitrogen and oxygen atoms in total. The largest absolute Gasteiger partial charge is 0.361 e. The van der Waals surface area contributed by atoms with Gasteiger partial charge < -0.3 is 9.88 Å². The van der Waals surface area contributed by atoms with E-state index in [0.29, 0.717) is 6.20 Å². The van der Waals surface area contributed by atoms with Gasteiger partial charge in [-0.25, -0.2) is 13.1 Å². The Morgan fingerprint density at radius 1 is 1.60 bits per heavy atom. The summed E-state index contributed by atoms with van der Waals surface area (Å²) in [6, 6.07) is -4.02. The van der Waals surface area contributed by atoms with Gasteiger partial charge in [-0.3, -0.25) is 0 Å². The summed E-state index contributed by atoms with van der Waals surface area (Å²) in [6.07, 6.45) is -3.39. The molecule has 20 heavy (non-hydrogen) atoms. The Bertz CT molecular complexity index is 1410. The number of H-pyrrole nitrogens is 1. The summed E-state index contributed by atoms with van der Waals surface area (Å²) in [4.78, 5) is -0.623. The van der Waals surface area contributed by atoms with Gasteiger partial charge in [0.15, 0.2) is 1.41 Å². The Balaban J connectivity index is 3.09. The number of aromatic nitrogens is 1. The summed E-state index contributed by atoms with van der Waals surface area (Å²) >= 11 is 0. The van der Waals surface area contributed by atoms with Crippen LogP contribution in [0.3, 0.4) is 0 Å². The SMILES string of the molecule is [2H]c1c(C([2H])([2H])S(=O)(=O)N([2H])C([2H])([2H])[2H])c([2H])c2c(C([2H])([2H])C([2H])([2H])N(C([2H])([2H])[2H])C([2H])([2H])[2H])cn([2H])c2c1[2H]. The van der Waals surface area contributed by atoms with Crippen molar-refractivity contribution in [1.29, 1.82) is 0 Å². The number of sulfonamides is 1. The van der Waals surface area contributed by atoms with Gasteiger partial charge in [0.2, 0.25) is 10.0 Å². The predicted molar refractivity (Wildman–Crippen MR) is 82.2 cm³/mol. The van der Waals surface area contributed by atoms with Gasteiger partial charge in [0.1, 0.15) is 1.41 Å². The molecule has 1 aromatic carbocycles. The van der Waals surface area contributed by atoms with Crippen molar-refractivity contribution in [2.75, 3.05) is 27.4 Å². The first-order chi connectivity index (χ1) is 17.4. The Morgan fingerprint density at radius 3 is 3.20 bits per heavy atom. The molecule has 0 aliphatic rings. The Labute approximate surface area is 148 Å². The van der Waals surface area contributed by atoms with E-state index in [1.807, 2.05) is 0 Å². The zero-order chi connectivity index (χ0) is 32.0. The van der Waals surface area contributed by atoms with Crippen LogP contribution >= 0.6 is 0 Å². The zero-order valence-corrected chi connectivity index (χ0v) is 10.5. The van der Waals surface area contributed by atoms with Crippen molar-refractivity contribution in [3.8, 4) is 0 Å². The molecule has 2 N–H and O–H groups in total. The van der Waals surface area contributed by atoms with Crippen LogP contribution in [-0.2, 0) is 22.1 Å². The van der Waals surface area contributed by atoms with Crippen molar-refractivity contribution >= 4 is 20.9 Å². The second kappa shape index (κ2) is 5.95. The highest BCUT2D eigenvalue weighted by atomic mass is 32.2. The molecule has 0 aliphatic carbocycles. The lowest BCUT2D eigenvalue weighted by molar-refractivity contribution is 0.414. The highest BCUT2D eigenvalue weighted by Crippen LogP contribution is 2.21. The van der Waals surface area contributed by atoms with Crippen molar-refractivity contribution in [3.05, 3.63) is 35.5 Å². The Hall–Kier alpha value is -1.37. The highest BCUT2D eigenvalue weighted by molar-refractivity contribution is 7.88. The molecule has 0 radical (unpaired) electrons. The smallest absolute Gasteiger partial charge is 0.215 e. The molecule has 0 saturated carbocycles. The number of nitrogens with one attached hydrogen (secondary N) is 2. The summed E-state index contributed by atoms with van der Waals surface area (Å²) in [5.74, 6) is 0. The monoisotopic (exact) mass is 315 g/mol. The van der Waals surface area contributed by atoms with Crippen LogP contribution in [0.4, 0.5) is 0 Å². The van der Waals surface area contributed by atoms with E-state index in [1.54, 1.807) is 0 Å². The van der Waals surface area contributed by atoms with E-state index in [2.05, 4.69) is 0 Å². The molecule has 0 saturated heterocycles. The van der Waals surface area contributed by atoms with E-state index in [9.17, 15) is 8.42 Å². The molecule has 0 bridgehead atoms. The molecule has 0 aliphatic heterocycles. The fraction of sp³-hybridized carbons (Fsp3) is 0.429. The first kappa shape index (κ1) is 3.69. The third-order valence-electron chi connectivity index (χ3n) is 2.04. The first-order valence-electron chi connectivity index (χ1n) is 14.8. The van der Waals surface area contributed by atoms with Gasteiger partial charge in [-0.05, 0) is 50.5 Å². The molecule has 6 heteroatoms. The molecule has 0 unspecified atom stereocenters. The summed E-state index contributed by atoms with van der Waals surface area (Å²) in [5, 5.41) is -1.07. The van der Waals surface area contributed by atoms with Gasteiger partial charge in [0.25, 0.3) is 0 Å². The molecule has 1 aromatic heterocycles. The van der Waals surface area contributed by atoms with Crippen LogP contribution in [0.25, 0.3) is 10.9 Å². The average Bonchev–Trinajstić information content (AvgIpc) is 3.06. The fourth-order valence-corrected chi connectivity index (χ4v) is 1.70. The lowest BCUT2D eigenvalue weighted by Crippen LogP contribution is -2.20. The summed E-state index contributed by atoms with van der Waals surface area (Å²) in [5.41, 5.74) is -7.74. The average molecular weight is 316 g/mol. The summed E-state index contributed by atoms with van der Waals surface area (Å²) in [6.45, 7) is -15.3. The maximum absolute atomic E-state index is 12.8. The van der Waals surface area contributed by atoms with Crippen LogP contribution < -0.4 is 4.72 Å². The van der Waals surface area contributed by atoms with E-state index >= 15 is 0 Å². The third-order valence-corrected chi connectivity index (χ3v) is 2.74. The predicted octanol–water partition coefficient (Wildman–Crippen LogP) is 1.32. The molecule has 1 heterocycles. The number of hydrogen-bond acceptors (Lipinski definition) is 3. The number of likely N-dealkylation sites (N-methyl/N-ethyl adjacent to an activating group) is 1. The molecule has 0 amide bonds. The second-order valence-corrected chi connectivity index (χ2v) is 4.72. The number of benzene rings is 1. The Kier molecular flexibility index (Phi) is 1.10. The van der Waals surface area contributed by atoms with E-state index in [4.69, 9.17) is 27.5 Å². The minimum absolute atomic E-state index is 0.138. The standard InChI is InChI=1S/C14H21N3O2S/c1-15-20(18,19)10-11-4-5-14-13(8-11)12(9-16-14)6-7-17(2)3/h4-5,8-9,15-16H,6-7,10H2,1-3H3/i1D3,2D3,3D3,4D,5D,6D2,7D2,8D,10D2/hD2. The van der Waals surface area contributed by atoms with Crippen molar-refractivity contribution in [2.24, 2.45) is 0 Å². The molecular weight excluding hydrogens is 274 g/mol. The molecule has 0 spiro atoms. The highest BCUT2D eigenvalue weighted by Gasteiger charge is 2.11. The Morgan fingerprint density at radius 2 is 2.45 bits per heavy atom. The van der Waals surface area contributed by atoms with Crippen LogP contribution in [0.15, 0.2) is 24.3 Å². The van der Waals surface area contributed by atoms with Gasteiger partial charge in [0.05, 0.1) is 9.82 Å². The lowest BCUT2D eigenvalue weighted by atomic mass is 10.1. The van der Waals surface area contributed by atoms with E-state index in [0.717, 1.165) is 0 Å². The third kappa shape index (κ3) is 3.59. The zero-order valence-electron chi connectivity index (χ0n) is 29.6. The molecule has 0 atom stereocenters. The molecule has 110 valence electrons. The second-order valence-electron chi connectivity index (χ2n) is 3.39. The van der Waals surface area contributed by atoms with Crippen molar-refractivity contribution in [3.63, 3.8) is 0 Å². The van der Waals surface area contributed by atoms with Gasteiger partial charge in [-0.1, -0.05) is 6.04 Å². The van der Waals surface area contributed by atoms with E-state index in [1.165, 1.54) is 0 Å². The number of nitrogens with zero attached hydrogens (tertiary/aromatic N) is 1. The van der Waals surface area contributed by atoms with Crippen molar-refractivity contribution < 1.29 is 35.9 Å². The van der Waals surface area contributed by atoms with E-state index < -0.39 is 99.3 Å². The van der Waals surface area contributed by atoms with Crippen molar-refractivity contribution in [1.82, 2.24) is 14.6 Å². The fourth-order valence-electron chi connectivity index (χ4n) is 1.30. The summed E-state index contributed by atoms with van der Waals surface area (Å²) in [7, 11) is -5.93. The van der Waals surface area contributed by atoms with Gasteiger partial charge >= 0.3 is 0 Å². The number of rotatable bonds is 6. The number of fused-ring (bicyclic) bond motifs is 1. The van der Waals surface area contributed by atoms with Gasteiger partial charge in [-0.15, -0.1) is 0 Å². The number of hydrogen-bond donors (Lipinski definition) is 2. The van der Waals surface area contributed by atoms with Crippen LogP contribution in [0, 0.1) is 0 Å². The number of aryl methyl sites for hydroxylation is 1.